The molecule has 1 unspecified atom stereocenters. The van der Waals surface area contributed by atoms with Crippen molar-refractivity contribution in [3.8, 4) is 0 Å². The smallest absolute Gasteiger partial charge is 0.408 e. The van der Waals surface area contributed by atoms with E-state index in [1.54, 1.807) is 0 Å². The molecule has 1 saturated heterocycles. The third-order valence-corrected chi connectivity index (χ3v) is 8.37. The van der Waals surface area contributed by atoms with E-state index in [0.29, 0.717) is 32.2 Å². The van der Waals surface area contributed by atoms with Crippen LogP contribution in [0.4, 0.5) is 4.79 Å². The van der Waals surface area contributed by atoms with Crippen molar-refractivity contribution in [2.45, 2.75) is 95.3 Å². The molecular formula is C27H41N3O8S. The fourth-order valence-electron chi connectivity index (χ4n) is 5.51. The molecule has 1 heterocycles. The number of rotatable bonds is 12. The van der Waals surface area contributed by atoms with E-state index in [1.165, 1.54) is 0 Å². The Balaban J connectivity index is 1.73. The average molecular weight is 568 g/mol. The standard InChI is InChI=1S/C27H41N3O8S/c1-17(2)13-21(24(32)29-22(25(33)39(35,36)37)15-20-9-12-28-23(20)31)30-26(34)38-27(10-4-5-11-27)16-19-8-6-7-18(3)14-19/h6-8,14,17,20-22,25,33H,4-5,9-13,15-16H2,1-3H3,(H,28,31)(H,29,32)(H,30,34)(H,35,36,37)/t20-,21-,22-,25?/m0/s1. The molecule has 2 aliphatic rings. The van der Waals surface area contributed by atoms with Crippen LogP contribution in [0.5, 0.6) is 0 Å². The van der Waals surface area contributed by atoms with E-state index < -0.39 is 51.2 Å². The van der Waals surface area contributed by atoms with Crippen LogP contribution in [0.3, 0.4) is 0 Å². The maximum atomic E-state index is 13.3. The highest BCUT2D eigenvalue weighted by molar-refractivity contribution is 7.86. The fraction of sp³-hybridized carbons (Fsp3) is 0.667. The molecule has 0 radical (unpaired) electrons. The molecule has 39 heavy (non-hydrogen) atoms. The average Bonchev–Trinajstić information content (AvgIpc) is 3.45. The Morgan fingerprint density at radius 2 is 1.90 bits per heavy atom. The Morgan fingerprint density at radius 3 is 2.46 bits per heavy atom. The molecular weight excluding hydrogens is 526 g/mol. The molecule has 12 heteroatoms. The van der Waals surface area contributed by atoms with Crippen molar-refractivity contribution in [1.82, 2.24) is 16.0 Å². The summed E-state index contributed by atoms with van der Waals surface area (Å²) in [7, 11) is -4.94. The van der Waals surface area contributed by atoms with Crippen LogP contribution in [-0.4, -0.2) is 65.7 Å². The Hall–Kier alpha value is -2.70. The van der Waals surface area contributed by atoms with Gasteiger partial charge >= 0.3 is 6.09 Å². The van der Waals surface area contributed by atoms with Gasteiger partial charge in [0, 0.05) is 18.9 Å². The summed E-state index contributed by atoms with van der Waals surface area (Å²) in [6.45, 7) is 6.10. The second-order valence-electron chi connectivity index (χ2n) is 11.3. The molecule has 1 aliphatic heterocycles. The summed E-state index contributed by atoms with van der Waals surface area (Å²) >= 11 is 0. The molecule has 11 nitrogen and oxygen atoms in total. The van der Waals surface area contributed by atoms with E-state index in [9.17, 15) is 32.5 Å². The largest absolute Gasteiger partial charge is 0.443 e. The number of aryl methyl sites for hydroxylation is 1. The number of aliphatic hydroxyl groups excluding tert-OH is 1. The number of carbonyl (C=O) groups is 3. The molecule has 3 amide bonds. The number of nitrogens with one attached hydrogen (secondary N) is 3. The van der Waals surface area contributed by atoms with Crippen LogP contribution in [0, 0.1) is 18.8 Å². The summed E-state index contributed by atoms with van der Waals surface area (Å²) in [5, 5.41) is 18.0. The first-order valence-electron chi connectivity index (χ1n) is 13.6. The number of benzene rings is 1. The maximum Gasteiger partial charge on any atom is 0.408 e. The molecule has 218 valence electrons. The summed E-state index contributed by atoms with van der Waals surface area (Å²) < 4.78 is 38.8. The van der Waals surface area contributed by atoms with Gasteiger partial charge in [0.1, 0.15) is 11.6 Å². The first-order chi connectivity index (χ1) is 18.3. The quantitative estimate of drug-likeness (QED) is 0.239. The zero-order valence-corrected chi connectivity index (χ0v) is 23.6. The van der Waals surface area contributed by atoms with Crippen LogP contribution < -0.4 is 16.0 Å². The van der Waals surface area contributed by atoms with Gasteiger partial charge in [0.25, 0.3) is 10.1 Å². The maximum absolute atomic E-state index is 13.3. The van der Waals surface area contributed by atoms with Gasteiger partial charge in [0.05, 0.1) is 6.04 Å². The third-order valence-electron chi connectivity index (χ3n) is 7.43. The van der Waals surface area contributed by atoms with Gasteiger partial charge < -0.3 is 25.8 Å². The Labute approximate surface area is 230 Å². The molecule has 0 aromatic heterocycles. The number of hydrogen-bond donors (Lipinski definition) is 5. The Morgan fingerprint density at radius 1 is 1.21 bits per heavy atom. The topological polar surface area (TPSA) is 171 Å². The molecule has 5 N–H and O–H groups in total. The van der Waals surface area contributed by atoms with Crippen LogP contribution in [0.25, 0.3) is 0 Å². The molecule has 0 spiro atoms. The van der Waals surface area contributed by atoms with Crippen LogP contribution in [0.1, 0.15) is 69.9 Å². The van der Waals surface area contributed by atoms with Gasteiger partial charge in [-0.1, -0.05) is 43.7 Å². The van der Waals surface area contributed by atoms with Gasteiger partial charge in [0.2, 0.25) is 17.3 Å². The first kappa shape index (κ1) is 30.8. The highest BCUT2D eigenvalue weighted by atomic mass is 32.2. The van der Waals surface area contributed by atoms with Gasteiger partial charge in [-0.05, 0) is 63.4 Å². The lowest BCUT2D eigenvalue weighted by molar-refractivity contribution is -0.126. The van der Waals surface area contributed by atoms with E-state index >= 15 is 0 Å². The molecule has 1 aliphatic carbocycles. The van der Waals surface area contributed by atoms with Crippen molar-refractivity contribution in [3.05, 3.63) is 35.4 Å². The number of hydrogen-bond acceptors (Lipinski definition) is 7. The second-order valence-corrected chi connectivity index (χ2v) is 12.8. The summed E-state index contributed by atoms with van der Waals surface area (Å²) in [5.74, 6) is -1.74. The normalized spacial score (nSPS) is 21.2. The zero-order valence-electron chi connectivity index (χ0n) is 22.8. The highest BCUT2D eigenvalue weighted by Crippen LogP contribution is 2.36. The van der Waals surface area contributed by atoms with Crippen LogP contribution >= 0.6 is 0 Å². The van der Waals surface area contributed by atoms with Gasteiger partial charge in [-0.15, -0.1) is 0 Å². The molecule has 1 saturated carbocycles. The van der Waals surface area contributed by atoms with E-state index in [-0.39, 0.29) is 24.7 Å². The predicted octanol–water partition coefficient (Wildman–Crippen LogP) is 2.21. The van der Waals surface area contributed by atoms with Crippen molar-refractivity contribution in [1.29, 1.82) is 0 Å². The minimum absolute atomic E-state index is 0.0284. The number of aliphatic hydroxyl groups is 1. The highest BCUT2D eigenvalue weighted by Gasteiger charge is 2.40. The van der Waals surface area contributed by atoms with Crippen molar-refractivity contribution in [3.63, 3.8) is 0 Å². The molecule has 1 aromatic carbocycles. The Kier molecular flexibility index (Phi) is 10.4. The summed E-state index contributed by atoms with van der Waals surface area (Å²) in [6.07, 6.45) is 3.43. The minimum atomic E-state index is -4.94. The molecule has 1 aromatic rings. The first-order valence-corrected chi connectivity index (χ1v) is 15.1. The number of carbonyl (C=O) groups excluding carboxylic acids is 3. The Bertz CT molecular complexity index is 1130. The lowest BCUT2D eigenvalue weighted by atomic mass is 9.92. The van der Waals surface area contributed by atoms with Gasteiger partial charge in [0.15, 0.2) is 0 Å². The molecule has 4 atom stereocenters. The van der Waals surface area contributed by atoms with Crippen molar-refractivity contribution >= 4 is 28.0 Å². The zero-order chi connectivity index (χ0) is 28.8. The van der Waals surface area contributed by atoms with E-state index in [4.69, 9.17) is 4.74 Å². The van der Waals surface area contributed by atoms with E-state index in [2.05, 4.69) is 22.0 Å². The monoisotopic (exact) mass is 567 g/mol. The molecule has 3 rings (SSSR count). The molecule has 0 bridgehead atoms. The minimum Gasteiger partial charge on any atom is -0.443 e. The van der Waals surface area contributed by atoms with Crippen molar-refractivity contribution < 1.29 is 37.2 Å². The van der Waals surface area contributed by atoms with Crippen LogP contribution in [-0.2, 0) is 30.9 Å². The molecule has 2 fully saturated rings. The van der Waals surface area contributed by atoms with Crippen LogP contribution in [0.15, 0.2) is 24.3 Å². The number of alkyl carbamates (subject to hydrolysis) is 1. The lowest BCUT2D eigenvalue weighted by Gasteiger charge is -2.31. The lowest BCUT2D eigenvalue weighted by Crippen LogP contribution is -2.55. The van der Waals surface area contributed by atoms with Gasteiger partial charge in [-0.3, -0.25) is 14.1 Å². The van der Waals surface area contributed by atoms with E-state index in [0.717, 1.165) is 24.0 Å². The van der Waals surface area contributed by atoms with Crippen molar-refractivity contribution in [2.75, 3.05) is 6.54 Å². The summed E-state index contributed by atoms with van der Waals surface area (Å²) in [4.78, 5) is 38.4. The summed E-state index contributed by atoms with van der Waals surface area (Å²) in [6, 6.07) is 5.46. The van der Waals surface area contributed by atoms with Crippen molar-refractivity contribution in [2.24, 2.45) is 11.8 Å². The fourth-order valence-corrected chi connectivity index (χ4v) is 6.11. The van der Waals surface area contributed by atoms with Gasteiger partial charge in [-0.25, -0.2) is 4.79 Å². The number of amides is 3. The SMILES string of the molecule is Cc1cccc(CC2(OC(=O)N[C@@H](CC(C)C)C(=O)N[C@@H](C[C@@H]3CCNC3=O)C(O)S(=O)(=O)O)CCCC2)c1. The third kappa shape index (κ3) is 8.91. The van der Waals surface area contributed by atoms with Crippen LogP contribution in [0.2, 0.25) is 0 Å². The van der Waals surface area contributed by atoms with E-state index in [1.807, 2.05) is 39.0 Å². The predicted molar refractivity (Wildman–Crippen MR) is 144 cm³/mol. The summed E-state index contributed by atoms with van der Waals surface area (Å²) in [5.41, 5.74) is -0.872. The number of ether oxygens (including phenoxy) is 1. The van der Waals surface area contributed by atoms with Gasteiger partial charge in [-0.2, -0.15) is 8.42 Å². The second kappa shape index (κ2) is 13.1.